The van der Waals surface area contributed by atoms with Gasteiger partial charge in [-0.3, -0.25) is 4.68 Å². The molecule has 0 spiro atoms. The van der Waals surface area contributed by atoms with E-state index in [1.807, 2.05) is 0 Å². The van der Waals surface area contributed by atoms with Crippen LogP contribution in [0.25, 0.3) is 0 Å². The molecule has 1 fully saturated rings. The Morgan fingerprint density at radius 2 is 2.05 bits per heavy atom. The third-order valence-electron chi connectivity index (χ3n) is 4.49. The Kier molecular flexibility index (Phi) is 5.03. The lowest BCUT2D eigenvalue weighted by Gasteiger charge is -2.25. The predicted molar refractivity (Wildman–Crippen MR) is 80.4 cm³/mol. The zero-order valence-electron chi connectivity index (χ0n) is 13.0. The van der Waals surface area contributed by atoms with E-state index in [1.54, 1.807) is 0 Å². The summed E-state index contributed by atoms with van der Waals surface area (Å²) in [5.41, 5.74) is 4.03. The molecule has 0 amide bonds. The number of aryl methyl sites for hydroxylation is 1. The Balaban J connectivity index is 2.13. The zero-order valence-corrected chi connectivity index (χ0v) is 13.0. The van der Waals surface area contributed by atoms with E-state index in [1.165, 1.54) is 42.6 Å². The molecule has 1 aromatic heterocycles. The van der Waals surface area contributed by atoms with Crippen LogP contribution in [-0.2, 0) is 6.54 Å². The highest BCUT2D eigenvalue weighted by atomic mass is 15.3. The second-order valence-electron chi connectivity index (χ2n) is 5.98. The molecule has 108 valence electrons. The number of nitrogens with one attached hydrogen (secondary N) is 1. The molecule has 1 aliphatic rings. The lowest BCUT2D eigenvalue weighted by atomic mass is 9.85. The Bertz CT molecular complexity index is 404. The topological polar surface area (TPSA) is 29.9 Å². The first-order chi connectivity index (χ1) is 9.17. The van der Waals surface area contributed by atoms with Gasteiger partial charge in [-0.1, -0.05) is 20.3 Å². The van der Waals surface area contributed by atoms with Crippen molar-refractivity contribution in [1.29, 1.82) is 0 Å². The van der Waals surface area contributed by atoms with Crippen LogP contribution in [0.3, 0.4) is 0 Å². The van der Waals surface area contributed by atoms with Crippen LogP contribution < -0.4 is 5.32 Å². The van der Waals surface area contributed by atoms with Gasteiger partial charge < -0.3 is 5.32 Å². The van der Waals surface area contributed by atoms with Crippen molar-refractivity contribution in [2.75, 3.05) is 6.54 Å². The van der Waals surface area contributed by atoms with Gasteiger partial charge in [0.1, 0.15) is 0 Å². The van der Waals surface area contributed by atoms with Crippen molar-refractivity contribution in [2.24, 2.45) is 5.92 Å². The lowest BCUT2D eigenvalue weighted by Crippen LogP contribution is -2.23. The van der Waals surface area contributed by atoms with Crippen LogP contribution in [0.1, 0.15) is 68.9 Å². The summed E-state index contributed by atoms with van der Waals surface area (Å²) in [7, 11) is 0. The first-order valence-corrected chi connectivity index (χ1v) is 7.94. The minimum Gasteiger partial charge on any atom is -0.310 e. The Hall–Kier alpha value is -0.830. The van der Waals surface area contributed by atoms with Crippen molar-refractivity contribution in [3.8, 4) is 0 Å². The summed E-state index contributed by atoms with van der Waals surface area (Å²) in [4.78, 5) is 0. The highest BCUT2D eigenvalue weighted by Gasteiger charge is 2.23. The van der Waals surface area contributed by atoms with Crippen LogP contribution in [0.5, 0.6) is 0 Å². The Morgan fingerprint density at radius 3 is 2.58 bits per heavy atom. The van der Waals surface area contributed by atoms with Crippen molar-refractivity contribution in [1.82, 2.24) is 15.1 Å². The molecule has 3 nitrogen and oxygen atoms in total. The molecule has 2 rings (SSSR count). The summed E-state index contributed by atoms with van der Waals surface area (Å²) in [5.74, 6) is 0.870. The molecule has 1 saturated carbocycles. The van der Waals surface area contributed by atoms with E-state index in [9.17, 15) is 0 Å². The summed E-state index contributed by atoms with van der Waals surface area (Å²) in [6, 6.07) is 0.468. The van der Waals surface area contributed by atoms with Gasteiger partial charge in [0.25, 0.3) is 0 Å². The molecule has 1 aromatic rings. The van der Waals surface area contributed by atoms with E-state index in [-0.39, 0.29) is 0 Å². The lowest BCUT2D eigenvalue weighted by molar-refractivity contribution is 0.264. The van der Waals surface area contributed by atoms with Gasteiger partial charge in [-0.05, 0) is 52.0 Å². The van der Waals surface area contributed by atoms with Gasteiger partial charge in [-0.25, -0.2) is 0 Å². The smallest absolute Gasteiger partial charge is 0.0644 e. The van der Waals surface area contributed by atoms with Gasteiger partial charge in [0.15, 0.2) is 0 Å². The van der Waals surface area contributed by atoms with E-state index in [0.717, 1.165) is 25.4 Å². The summed E-state index contributed by atoms with van der Waals surface area (Å²) in [6.07, 6.45) is 6.51. The van der Waals surface area contributed by atoms with Crippen molar-refractivity contribution in [3.05, 3.63) is 17.0 Å². The van der Waals surface area contributed by atoms with Crippen LogP contribution in [0.2, 0.25) is 0 Å². The van der Waals surface area contributed by atoms with Gasteiger partial charge >= 0.3 is 0 Å². The molecule has 3 heteroatoms. The predicted octanol–water partition coefficient (Wildman–Crippen LogP) is 3.75. The minimum atomic E-state index is 0.468. The normalized spacial score (nSPS) is 17.5. The summed E-state index contributed by atoms with van der Waals surface area (Å²) in [6.45, 7) is 11.1. The molecule has 0 aliphatic heterocycles. The maximum Gasteiger partial charge on any atom is 0.0644 e. The van der Waals surface area contributed by atoms with Crippen LogP contribution in [0.4, 0.5) is 0 Å². The highest BCUT2D eigenvalue weighted by molar-refractivity contribution is 5.28. The maximum absolute atomic E-state index is 4.79. The number of aromatic nitrogens is 2. The first-order valence-electron chi connectivity index (χ1n) is 7.94. The fraction of sp³-hybridized carbons (Fsp3) is 0.812. The van der Waals surface area contributed by atoms with Crippen molar-refractivity contribution in [3.63, 3.8) is 0 Å². The van der Waals surface area contributed by atoms with Crippen LogP contribution >= 0.6 is 0 Å². The highest BCUT2D eigenvalue weighted by Crippen LogP contribution is 2.30. The van der Waals surface area contributed by atoms with Gasteiger partial charge in [0.05, 0.1) is 5.69 Å². The fourth-order valence-electron chi connectivity index (χ4n) is 3.08. The average molecular weight is 263 g/mol. The summed E-state index contributed by atoms with van der Waals surface area (Å²) < 4.78 is 2.25. The van der Waals surface area contributed by atoms with E-state index in [4.69, 9.17) is 5.10 Å². The summed E-state index contributed by atoms with van der Waals surface area (Å²) in [5, 5.41) is 8.44. The SMILES string of the molecule is CCCNC(CC)c1c(C)nn(CC2CCC2)c1C. The molecular formula is C16H29N3. The molecule has 1 heterocycles. The number of rotatable bonds is 7. The molecule has 0 radical (unpaired) electrons. The average Bonchev–Trinajstić information content (AvgIpc) is 2.62. The van der Waals surface area contributed by atoms with Crippen molar-refractivity contribution < 1.29 is 0 Å². The third kappa shape index (κ3) is 3.19. The number of nitrogens with zero attached hydrogens (tertiary/aromatic N) is 2. The monoisotopic (exact) mass is 263 g/mol. The standard InChI is InChI=1S/C16H29N3/c1-5-10-17-15(6-2)16-12(3)18-19(13(16)4)11-14-8-7-9-14/h14-15,17H,5-11H2,1-4H3. The molecule has 0 bridgehead atoms. The van der Waals surface area contributed by atoms with Gasteiger partial charge in [0.2, 0.25) is 0 Å². The van der Waals surface area contributed by atoms with E-state index in [0.29, 0.717) is 6.04 Å². The molecule has 0 aromatic carbocycles. The molecular weight excluding hydrogens is 234 g/mol. The van der Waals surface area contributed by atoms with E-state index >= 15 is 0 Å². The number of hydrogen-bond donors (Lipinski definition) is 1. The molecule has 1 N–H and O–H groups in total. The quantitative estimate of drug-likeness (QED) is 0.812. The second-order valence-corrected chi connectivity index (χ2v) is 5.98. The minimum absolute atomic E-state index is 0.468. The molecule has 1 aliphatic carbocycles. The first kappa shape index (κ1) is 14.6. The second kappa shape index (κ2) is 6.56. The fourth-order valence-corrected chi connectivity index (χ4v) is 3.08. The van der Waals surface area contributed by atoms with Crippen LogP contribution in [0.15, 0.2) is 0 Å². The van der Waals surface area contributed by atoms with Crippen LogP contribution in [0, 0.1) is 19.8 Å². The third-order valence-corrected chi connectivity index (χ3v) is 4.49. The van der Waals surface area contributed by atoms with E-state index in [2.05, 4.69) is 37.7 Å². The summed E-state index contributed by atoms with van der Waals surface area (Å²) >= 11 is 0. The molecule has 19 heavy (non-hydrogen) atoms. The largest absolute Gasteiger partial charge is 0.310 e. The Morgan fingerprint density at radius 1 is 1.32 bits per heavy atom. The van der Waals surface area contributed by atoms with Gasteiger partial charge in [-0.15, -0.1) is 0 Å². The Labute approximate surface area is 117 Å². The van der Waals surface area contributed by atoms with E-state index < -0.39 is 0 Å². The van der Waals surface area contributed by atoms with Crippen molar-refractivity contribution in [2.45, 2.75) is 72.4 Å². The van der Waals surface area contributed by atoms with Gasteiger partial charge in [0, 0.05) is 23.8 Å². The van der Waals surface area contributed by atoms with Gasteiger partial charge in [-0.2, -0.15) is 5.10 Å². The molecule has 1 atom stereocenters. The molecule has 0 saturated heterocycles. The molecule has 1 unspecified atom stereocenters. The van der Waals surface area contributed by atoms with Crippen molar-refractivity contribution >= 4 is 0 Å². The zero-order chi connectivity index (χ0) is 13.8. The maximum atomic E-state index is 4.79. The number of hydrogen-bond acceptors (Lipinski definition) is 2. The van der Waals surface area contributed by atoms with Crippen LogP contribution in [-0.4, -0.2) is 16.3 Å².